The molecule has 18 N–H and O–H groups in total. The number of hydrogen-bond donors (Lipinski definition) is 17. The van der Waals surface area contributed by atoms with Gasteiger partial charge >= 0.3 is 5.97 Å². The molecule has 0 aromatic heterocycles. The number of nitrogens with one attached hydrogen (secondary N) is 3. The molecule has 0 bridgehead atoms. The third kappa shape index (κ3) is 31.3. The zero-order valence-electron chi connectivity index (χ0n) is 73.8. The number of carboxylic acid groups (broad SMARTS) is 1. The first kappa shape index (κ1) is 101. The molecule has 0 saturated carbocycles. The molecule has 3 amide bonds. The summed E-state index contributed by atoms with van der Waals surface area (Å²) in [6.45, 7) is 11.9. The van der Waals surface area contributed by atoms with Gasteiger partial charge in [-0.25, -0.2) is 40.2 Å². The van der Waals surface area contributed by atoms with E-state index in [0.29, 0.717) is 118 Å². The van der Waals surface area contributed by atoms with Crippen molar-refractivity contribution in [2.24, 2.45) is 50.8 Å². The van der Waals surface area contributed by atoms with Crippen molar-refractivity contribution in [1.82, 2.24) is 25.9 Å². The summed E-state index contributed by atoms with van der Waals surface area (Å²) in [7, 11) is 0. The number of hydrogen-bond acceptors (Lipinski definition) is 19. The van der Waals surface area contributed by atoms with Crippen LogP contribution in [0.4, 0.5) is 11.4 Å². The van der Waals surface area contributed by atoms with E-state index in [9.17, 15) is 85.9 Å². The van der Waals surface area contributed by atoms with Crippen LogP contribution < -0.4 is 21.4 Å². The molecule has 4 atom stereocenters. The van der Waals surface area contributed by atoms with Crippen molar-refractivity contribution in [2.45, 2.75) is 211 Å². The Morgan fingerprint density at radius 2 is 1.06 bits per heavy atom. The molecule has 35 heteroatoms. The molecular formula is C93H127N18O17+. The van der Waals surface area contributed by atoms with Gasteiger partial charge in [0.15, 0.2) is 35.9 Å². The van der Waals surface area contributed by atoms with Crippen molar-refractivity contribution in [3.63, 3.8) is 0 Å². The number of rotatable bonds is 48. The van der Waals surface area contributed by atoms with E-state index in [1.807, 2.05) is 54.6 Å². The Bertz CT molecular complexity index is 5050. The van der Waals surface area contributed by atoms with Crippen LogP contribution in [0.15, 0.2) is 196 Å². The molecule has 3 aliphatic heterocycles. The minimum absolute atomic E-state index is 0.0268. The highest BCUT2D eigenvalue weighted by atomic mass is 16.5. The standard InChI is InChI=1S/C93H126N18O17/c1-63(112)109(126)55-26-10-22-50-96-77(113)44-46-82(118)110(127)56-27-11-23-51-97-78(114)45-47-83(119)111(128)57-28-12-24-54-101-106-80(116)49-59-108-74-43-41-66-33-18-20-35-68(66)86(74)93(4,5)76(108)39-16-8-6-7-15-38-75-92(2,3)85-67-34-19-17-32-65(67)40-42-73(85)107(75)58-48-79(115)98-52-25-21-36-70-88(123)103-69(37-29-53-99-91(94)95)87(122)100-62-81(117)102-72(61-84(120)121)90(125)105-71(89(124)104-70)60-64-30-13-9-14-31-64/h6-9,13-20,30-35,38-43,69-72,101,126-128H,10-12,21-29,36-37,44-62H2,1-5H3,(H13-,94,95,96,97,98,99,100,102,103,104,105,106,113,114,115,116,117,120,121,122,123,124,125)/p+1/t69-,70-,71-,72-/m0/s1. The molecule has 0 spiro atoms. The van der Waals surface area contributed by atoms with Crippen molar-refractivity contribution < 1.29 is 90.4 Å². The minimum Gasteiger partial charge on any atom is -0.497 e. The Hall–Kier alpha value is -12.9. The van der Waals surface area contributed by atoms with Crippen LogP contribution in [0.3, 0.4) is 0 Å². The number of anilines is 1. The molecule has 0 unspecified atom stereocenters. The topological polar surface area (TPSA) is 532 Å². The SMILES string of the molecule is CC(=O)N(O)CCCCCN=C(O)CCC(=O)N(O)CCCCCN=C(O)CCC(=O)N(O)CCCCCNN=C(O)CCN1C(=CC=CC=CC=CC2=[N+](CCC(O)=NCCCC[C@@H]3N=C(O)[C@H](Cc4ccccc4)N=C(O)[C@H](CC(=O)O)N=C(O)CN=C(O)[C@H](CCCNC(=N)N)N=C3O)c3ccc4ccccc4c3C2(C)C)C(C)(C)c2c1ccc1ccccc21. The van der Waals surface area contributed by atoms with E-state index in [2.05, 4.69) is 154 Å². The largest absolute Gasteiger partial charge is 0.497 e. The van der Waals surface area contributed by atoms with Crippen molar-refractivity contribution in [1.29, 1.82) is 5.41 Å². The maximum Gasteiger partial charge on any atom is 0.306 e. The van der Waals surface area contributed by atoms with Crippen LogP contribution in [0.2, 0.25) is 0 Å². The fourth-order valence-electron chi connectivity index (χ4n) is 15.4. The number of carbonyl (C=O) groups excluding carboxylic acids is 3. The number of guanidine groups is 1. The van der Waals surface area contributed by atoms with E-state index in [1.165, 1.54) is 12.5 Å². The first-order chi connectivity index (χ1) is 61.3. The fourth-order valence-corrected chi connectivity index (χ4v) is 15.4. The van der Waals surface area contributed by atoms with Crippen LogP contribution in [0, 0.1) is 5.41 Å². The number of carboxylic acids is 1. The number of aliphatic carboxylic acids is 1. The molecule has 690 valence electrons. The Balaban J connectivity index is 0.844. The van der Waals surface area contributed by atoms with Crippen molar-refractivity contribution in [3.05, 3.63) is 168 Å². The number of allylic oxidation sites excluding steroid dienone is 8. The van der Waals surface area contributed by atoms with Crippen LogP contribution in [-0.4, -0.2) is 271 Å². The van der Waals surface area contributed by atoms with E-state index in [1.54, 1.807) is 30.3 Å². The highest BCUT2D eigenvalue weighted by molar-refractivity contribution is 6.08. The van der Waals surface area contributed by atoms with E-state index < -0.39 is 101 Å². The summed E-state index contributed by atoms with van der Waals surface area (Å²) in [5.41, 5.74) is 14.5. The minimum atomic E-state index is -1.63. The summed E-state index contributed by atoms with van der Waals surface area (Å²) in [6, 6.07) is 28.3. The van der Waals surface area contributed by atoms with Gasteiger partial charge in [-0.2, -0.15) is 4.58 Å². The molecule has 3 heterocycles. The third-order valence-electron chi connectivity index (χ3n) is 22.2. The molecule has 8 rings (SSSR count). The smallest absolute Gasteiger partial charge is 0.306 e. The summed E-state index contributed by atoms with van der Waals surface area (Å²) in [5, 5.41) is 161. The molecule has 5 aromatic rings. The van der Waals surface area contributed by atoms with Gasteiger partial charge in [-0.3, -0.25) is 55.2 Å². The van der Waals surface area contributed by atoms with Gasteiger partial charge in [0.1, 0.15) is 30.7 Å². The van der Waals surface area contributed by atoms with Crippen molar-refractivity contribution in [2.75, 3.05) is 76.9 Å². The molecule has 0 aliphatic carbocycles. The maximum atomic E-state index is 12.7. The van der Waals surface area contributed by atoms with Gasteiger partial charge in [0.2, 0.25) is 58.8 Å². The number of unbranched alkanes of at least 4 members (excludes halogenated alkanes) is 7. The van der Waals surface area contributed by atoms with Gasteiger partial charge in [-0.05, 0) is 155 Å². The lowest BCUT2D eigenvalue weighted by Crippen LogP contribution is -2.32. The first-order valence-electron chi connectivity index (χ1n) is 43.8. The second kappa shape index (κ2) is 51.0. The van der Waals surface area contributed by atoms with Crippen LogP contribution >= 0.6 is 0 Å². The highest BCUT2D eigenvalue weighted by Gasteiger charge is 2.46. The number of nitrogens with zero attached hydrogens (tertiary/aromatic N) is 14. The molecular weight excluding hydrogens is 1640 g/mol. The Kier molecular flexibility index (Phi) is 40.1. The summed E-state index contributed by atoms with van der Waals surface area (Å²) >= 11 is 0. The van der Waals surface area contributed by atoms with E-state index in [4.69, 9.17) is 11.1 Å². The highest BCUT2D eigenvalue weighted by Crippen LogP contribution is 2.51. The second-order valence-electron chi connectivity index (χ2n) is 32.7. The number of nitrogens with two attached hydrogens (primary N) is 1. The van der Waals surface area contributed by atoms with Crippen LogP contribution in [-0.2, 0) is 36.4 Å². The molecule has 5 aromatic carbocycles. The van der Waals surface area contributed by atoms with Gasteiger partial charge in [-0.1, -0.05) is 129 Å². The number of hydrazone groups is 1. The normalized spacial score (nSPS) is 18.0. The molecule has 0 fully saturated rings. The number of aliphatic hydroxyl groups is 9. The Morgan fingerprint density at radius 1 is 0.539 bits per heavy atom. The van der Waals surface area contributed by atoms with Crippen LogP contribution in [0.25, 0.3) is 21.5 Å². The number of amides is 3. The van der Waals surface area contributed by atoms with E-state index in [-0.39, 0.29) is 133 Å². The van der Waals surface area contributed by atoms with Gasteiger partial charge in [0, 0.05) is 139 Å². The lowest BCUT2D eigenvalue weighted by atomic mass is 9.79. The second-order valence-corrected chi connectivity index (χ2v) is 32.7. The van der Waals surface area contributed by atoms with Crippen molar-refractivity contribution >= 4 is 121 Å². The third-order valence-corrected chi connectivity index (χ3v) is 22.2. The Morgan fingerprint density at radius 3 is 1.68 bits per heavy atom. The number of aliphatic hydroxyl groups excluding tert-OH is 9. The number of benzene rings is 5. The number of hydroxylamine groups is 6. The van der Waals surface area contributed by atoms with Crippen molar-refractivity contribution in [3.8, 4) is 0 Å². The van der Waals surface area contributed by atoms with Gasteiger partial charge in [0.25, 0.3) is 0 Å². The average Bonchev–Trinajstić information content (AvgIpc) is 1.58. The van der Waals surface area contributed by atoms with Gasteiger partial charge in [0.05, 0.1) is 18.3 Å². The molecule has 128 heavy (non-hydrogen) atoms. The zero-order chi connectivity index (χ0) is 92.7. The quantitative estimate of drug-likeness (QED) is 0.00327. The van der Waals surface area contributed by atoms with Gasteiger partial charge in [-0.15, -0.1) is 5.10 Å². The number of fused-ring (bicyclic) bond motifs is 6. The summed E-state index contributed by atoms with van der Waals surface area (Å²) in [4.78, 5) is 84.1. The number of aliphatic imine (C=N–C) groups is 8. The van der Waals surface area contributed by atoms with E-state index in [0.717, 1.165) is 49.9 Å². The van der Waals surface area contributed by atoms with Crippen LogP contribution in [0.1, 0.15) is 186 Å². The summed E-state index contributed by atoms with van der Waals surface area (Å²) in [6.07, 6.45) is 19.6. The maximum absolute atomic E-state index is 12.7. The predicted molar refractivity (Wildman–Crippen MR) is 501 cm³/mol. The summed E-state index contributed by atoms with van der Waals surface area (Å²) < 4.78 is 2.22. The molecule has 3 aliphatic rings. The summed E-state index contributed by atoms with van der Waals surface area (Å²) in [5.74, 6) is -7.33. The Labute approximate surface area is 746 Å². The first-order valence-corrected chi connectivity index (χ1v) is 43.8. The zero-order valence-corrected chi connectivity index (χ0v) is 73.8. The monoisotopic (exact) mass is 1770 g/mol. The number of carbonyl (C=O) groups is 4. The molecule has 35 nitrogen and oxygen atoms in total. The lowest BCUT2D eigenvalue weighted by Gasteiger charge is -2.27. The molecule has 0 saturated heterocycles. The molecule has 0 radical (unpaired) electrons. The van der Waals surface area contributed by atoms with E-state index >= 15 is 0 Å². The fraction of sp³-hybridized carbons (Fsp3) is 0.473. The average molecular weight is 1770 g/mol. The van der Waals surface area contributed by atoms with Gasteiger partial charge < -0.3 is 72.4 Å². The lowest BCUT2D eigenvalue weighted by molar-refractivity contribution is -0.435. The van der Waals surface area contributed by atoms with Crippen LogP contribution in [0.5, 0.6) is 0 Å². The predicted octanol–water partition coefficient (Wildman–Crippen LogP) is 14.0.